The highest BCUT2D eigenvalue weighted by Gasteiger charge is 2.62. The fourth-order valence-corrected chi connectivity index (χ4v) is 5.09. The van der Waals surface area contributed by atoms with Crippen molar-refractivity contribution in [2.45, 2.75) is 65.4 Å². The average molecular weight is 268 g/mol. The Morgan fingerprint density at radius 1 is 1.17 bits per heavy atom. The van der Waals surface area contributed by atoms with Gasteiger partial charge in [-0.25, -0.2) is 0 Å². The van der Waals surface area contributed by atoms with Crippen LogP contribution in [0, 0.1) is 22.2 Å². The zero-order valence-corrected chi connectivity index (χ0v) is 13.1. The van der Waals surface area contributed by atoms with Gasteiger partial charge in [0.2, 0.25) is 0 Å². The van der Waals surface area contributed by atoms with Gasteiger partial charge in [0.25, 0.3) is 0 Å². The number of thiol groups is 1. The van der Waals surface area contributed by atoms with Crippen molar-refractivity contribution >= 4 is 12.6 Å². The molecule has 3 saturated carbocycles. The van der Waals surface area contributed by atoms with Gasteiger partial charge in [-0.1, -0.05) is 27.2 Å². The SMILES string of the molecule is CC1(C)C2CCC1(C)C(OCC1(CS)CCC1)C2. The molecule has 18 heavy (non-hydrogen) atoms. The van der Waals surface area contributed by atoms with E-state index in [0.29, 0.717) is 22.3 Å². The van der Waals surface area contributed by atoms with E-state index in [-0.39, 0.29) is 0 Å². The summed E-state index contributed by atoms with van der Waals surface area (Å²) in [6.07, 6.45) is 8.61. The number of fused-ring (bicyclic) bond motifs is 2. The Hall–Kier alpha value is 0.310. The minimum Gasteiger partial charge on any atom is -0.377 e. The van der Waals surface area contributed by atoms with Gasteiger partial charge in [0.15, 0.2) is 0 Å². The Bertz CT molecular complexity index is 328. The smallest absolute Gasteiger partial charge is 0.0637 e. The summed E-state index contributed by atoms with van der Waals surface area (Å²) in [7, 11) is 0. The minimum absolute atomic E-state index is 0.416. The van der Waals surface area contributed by atoms with Crippen molar-refractivity contribution in [3.8, 4) is 0 Å². The first-order chi connectivity index (χ1) is 8.44. The molecule has 0 radical (unpaired) electrons. The lowest BCUT2D eigenvalue weighted by Crippen LogP contribution is -2.42. The van der Waals surface area contributed by atoms with Crippen LogP contribution in [0.25, 0.3) is 0 Å². The highest BCUT2D eigenvalue weighted by atomic mass is 32.1. The lowest BCUT2D eigenvalue weighted by atomic mass is 9.69. The van der Waals surface area contributed by atoms with Crippen LogP contribution >= 0.6 is 12.6 Å². The second kappa shape index (κ2) is 4.15. The summed E-state index contributed by atoms with van der Waals surface area (Å²) in [5, 5.41) is 0. The molecule has 1 nitrogen and oxygen atoms in total. The molecule has 0 aromatic rings. The van der Waals surface area contributed by atoms with E-state index >= 15 is 0 Å². The Labute approximate surface area is 117 Å². The first-order valence-electron chi connectivity index (χ1n) is 7.66. The molecule has 3 unspecified atom stereocenters. The third-order valence-electron chi connectivity index (χ3n) is 7.05. The minimum atomic E-state index is 0.416. The van der Waals surface area contributed by atoms with Gasteiger partial charge in [0.05, 0.1) is 12.7 Å². The van der Waals surface area contributed by atoms with Crippen LogP contribution in [-0.2, 0) is 4.74 Å². The normalized spacial score (nSPS) is 44.0. The second-order valence-electron chi connectivity index (χ2n) is 7.92. The van der Waals surface area contributed by atoms with Crippen molar-refractivity contribution in [3.05, 3.63) is 0 Å². The summed E-state index contributed by atoms with van der Waals surface area (Å²) < 4.78 is 6.42. The van der Waals surface area contributed by atoms with Crippen molar-refractivity contribution in [3.63, 3.8) is 0 Å². The van der Waals surface area contributed by atoms with Crippen LogP contribution in [0.3, 0.4) is 0 Å². The quantitative estimate of drug-likeness (QED) is 0.747. The van der Waals surface area contributed by atoms with E-state index in [1.165, 1.54) is 38.5 Å². The highest BCUT2D eigenvalue weighted by Crippen LogP contribution is 2.66. The maximum Gasteiger partial charge on any atom is 0.0637 e. The van der Waals surface area contributed by atoms with Crippen LogP contribution in [-0.4, -0.2) is 18.5 Å². The molecule has 0 aromatic carbocycles. The molecular weight excluding hydrogens is 240 g/mol. The summed E-state index contributed by atoms with van der Waals surface area (Å²) in [6, 6.07) is 0. The lowest BCUT2D eigenvalue weighted by molar-refractivity contribution is -0.0900. The van der Waals surface area contributed by atoms with Crippen molar-refractivity contribution < 1.29 is 4.74 Å². The van der Waals surface area contributed by atoms with Crippen molar-refractivity contribution in [2.24, 2.45) is 22.2 Å². The molecule has 0 heterocycles. The van der Waals surface area contributed by atoms with Gasteiger partial charge in [-0.3, -0.25) is 0 Å². The predicted molar refractivity (Wildman–Crippen MR) is 79.1 cm³/mol. The monoisotopic (exact) mass is 268 g/mol. The van der Waals surface area contributed by atoms with Gasteiger partial charge in [-0.15, -0.1) is 0 Å². The van der Waals surface area contributed by atoms with Gasteiger partial charge in [0, 0.05) is 5.41 Å². The first kappa shape index (κ1) is 13.3. The predicted octanol–water partition coefficient (Wildman–Crippen LogP) is 4.32. The summed E-state index contributed by atoms with van der Waals surface area (Å²) in [6.45, 7) is 8.36. The number of hydrogen-bond donors (Lipinski definition) is 1. The molecule has 104 valence electrons. The molecule has 3 fully saturated rings. The van der Waals surface area contributed by atoms with Crippen LogP contribution in [0.5, 0.6) is 0 Å². The van der Waals surface area contributed by atoms with Crippen molar-refractivity contribution in [2.75, 3.05) is 12.4 Å². The van der Waals surface area contributed by atoms with Gasteiger partial charge in [-0.05, 0) is 54.6 Å². The fraction of sp³-hybridized carbons (Fsp3) is 1.00. The van der Waals surface area contributed by atoms with E-state index in [0.717, 1.165) is 18.3 Å². The van der Waals surface area contributed by atoms with E-state index in [1.807, 2.05) is 0 Å². The Balaban J connectivity index is 1.65. The van der Waals surface area contributed by atoms with Crippen LogP contribution in [0.15, 0.2) is 0 Å². The molecule has 3 rings (SSSR count). The molecule has 0 amide bonds. The molecule has 0 aliphatic heterocycles. The van der Waals surface area contributed by atoms with Gasteiger partial charge in [0.1, 0.15) is 0 Å². The molecule has 2 bridgehead atoms. The van der Waals surface area contributed by atoms with Crippen LogP contribution in [0.1, 0.15) is 59.3 Å². The summed E-state index contributed by atoms with van der Waals surface area (Å²) in [5.74, 6) is 1.89. The molecule has 0 spiro atoms. The first-order valence-corrected chi connectivity index (χ1v) is 8.29. The highest BCUT2D eigenvalue weighted by molar-refractivity contribution is 7.80. The Morgan fingerprint density at radius 2 is 1.89 bits per heavy atom. The number of ether oxygens (including phenoxy) is 1. The molecule has 0 saturated heterocycles. The van der Waals surface area contributed by atoms with Gasteiger partial charge >= 0.3 is 0 Å². The zero-order valence-electron chi connectivity index (χ0n) is 12.2. The molecule has 0 N–H and O–H groups in total. The van der Waals surface area contributed by atoms with Crippen LogP contribution in [0.4, 0.5) is 0 Å². The summed E-state index contributed by atoms with van der Waals surface area (Å²) >= 11 is 4.54. The van der Waals surface area contributed by atoms with Crippen molar-refractivity contribution in [1.29, 1.82) is 0 Å². The Kier molecular flexibility index (Phi) is 3.07. The lowest BCUT2D eigenvalue weighted by Gasteiger charge is -2.44. The van der Waals surface area contributed by atoms with E-state index < -0.39 is 0 Å². The van der Waals surface area contributed by atoms with Gasteiger partial charge < -0.3 is 4.74 Å². The number of hydrogen-bond acceptors (Lipinski definition) is 2. The number of rotatable bonds is 4. The molecular formula is C16H28OS. The topological polar surface area (TPSA) is 9.23 Å². The molecule has 0 aromatic heterocycles. The van der Waals surface area contributed by atoms with E-state index in [2.05, 4.69) is 33.4 Å². The average Bonchev–Trinajstić information content (AvgIpc) is 2.61. The van der Waals surface area contributed by atoms with Crippen LogP contribution < -0.4 is 0 Å². The summed E-state index contributed by atoms with van der Waals surface area (Å²) in [4.78, 5) is 0. The third-order valence-corrected chi connectivity index (χ3v) is 7.73. The van der Waals surface area contributed by atoms with Gasteiger partial charge in [-0.2, -0.15) is 12.6 Å². The Morgan fingerprint density at radius 3 is 2.28 bits per heavy atom. The molecule has 3 atom stereocenters. The third kappa shape index (κ3) is 1.64. The van der Waals surface area contributed by atoms with E-state index in [1.54, 1.807) is 0 Å². The standard InChI is InChI=1S/C16H28OS/c1-14(2)12-5-8-15(14,3)13(9-12)17-10-16(11-18)6-4-7-16/h12-13,18H,4-11H2,1-3H3. The molecule has 2 heteroatoms. The fourth-order valence-electron chi connectivity index (χ4n) is 4.68. The summed E-state index contributed by atoms with van der Waals surface area (Å²) in [5.41, 5.74) is 1.32. The second-order valence-corrected chi connectivity index (χ2v) is 8.24. The molecule has 3 aliphatic rings. The van der Waals surface area contributed by atoms with Crippen LogP contribution in [0.2, 0.25) is 0 Å². The largest absolute Gasteiger partial charge is 0.377 e. The maximum absolute atomic E-state index is 6.42. The van der Waals surface area contributed by atoms with E-state index in [9.17, 15) is 0 Å². The maximum atomic E-state index is 6.42. The molecule has 3 aliphatic carbocycles. The van der Waals surface area contributed by atoms with E-state index in [4.69, 9.17) is 4.74 Å². The zero-order chi connectivity index (χ0) is 13.0. The van der Waals surface area contributed by atoms with Crippen molar-refractivity contribution in [1.82, 2.24) is 0 Å².